The Labute approximate surface area is 60.8 Å². The molecule has 46 valence electrons. The number of amides is 1. The van der Waals surface area contributed by atoms with Crippen LogP contribution in [0.3, 0.4) is 0 Å². The van der Waals surface area contributed by atoms with Crippen LogP contribution in [0.25, 0.3) is 0 Å². The molecule has 0 aromatic carbocycles. The lowest BCUT2D eigenvalue weighted by atomic mass is 10.2. The molecule has 1 amide bonds. The van der Waals surface area contributed by atoms with Gasteiger partial charge in [-0.05, 0) is 0 Å². The number of nitrogens with zero attached hydrogens (tertiary/aromatic N) is 1. The van der Waals surface area contributed by atoms with Crippen molar-refractivity contribution in [1.82, 2.24) is 4.90 Å². The van der Waals surface area contributed by atoms with Crippen molar-refractivity contribution >= 4 is 26.5 Å². The van der Waals surface area contributed by atoms with E-state index < -0.39 is 0 Å². The van der Waals surface area contributed by atoms with Gasteiger partial charge in [-0.1, -0.05) is 0 Å². The highest BCUT2D eigenvalue weighted by molar-refractivity contribution is 14.1. The van der Waals surface area contributed by atoms with E-state index in [-0.39, 0.29) is 10.0 Å². The first-order valence-corrected chi connectivity index (χ1v) is 3.40. The Bertz CT molecular complexity index is 111. The van der Waals surface area contributed by atoms with Crippen LogP contribution in [-0.2, 0) is 0 Å². The van der Waals surface area contributed by atoms with Crippen LogP contribution in [0.5, 0.6) is 0 Å². The highest BCUT2D eigenvalue weighted by atomic mass is 127. The van der Waals surface area contributed by atoms with Crippen LogP contribution in [0.2, 0.25) is 0 Å². The quantitative estimate of drug-likeness (QED) is 0.365. The number of rotatable bonds is 0. The summed E-state index contributed by atoms with van der Waals surface area (Å²) in [5, 5.41) is 8.67. The third-order valence-corrected chi connectivity index (χ3v) is 1.79. The lowest BCUT2D eigenvalue weighted by molar-refractivity contribution is 0.0358. The highest BCUT2D eigenvalue weighted by Crippen LogP contribution is 2.10. The fourth-order valence-electron chi connectivity index (χ4n) is 0.599. The molecule has 1 heterocycles. The molecule has 3 nitrogen and oxygen atoms in total. The van der Waals surface area contributed by atoms with Gasteiger partial charge in [0.05, 0.1) is 6.10 Å². The van der Waals surface area contributed by atoms with Crippen molar-refractivity contribution in [3.63, 3.8) is 0 Å². The maximum Gasteiger partial charge on any atom is 0.283 e. The molecule has 1 fully saturated rings. The minimum Gasteiger partial charge on any atom is -0.389 e. The average molecular weight is 227 g/mol. The Kier molecular flexibility index (Phi) is 1.71. The van der Waals surface area contributed by atoms with Gasteiger partial charge in [-0.2, -0.15) is 0 Å². The number of hydrogen-bond acceptors (Lipinski definition) is 2. The van der Waals surface area contributed by atoms with E-state index >= 15 is 0 Å². The predicted molar refractivity (Wildman–Crippen MR) is 37.0 cm³/mol. The van der Waals surface area contributed by atoms with E-state index in [4.69, 9.17) is 5.11 Å². The van der Waals surface area contributed by atoms with Gasteiger partial charge < -0.3 is 10.0 Å². The number of aliphatic hydroxyl groups is 1. The smallest absolute Gasteiger partial charge is 0.283 e. The Balaban J connectivity index is 2.25. The second-order valence-corrected chi connectivity index (χ2v) is 2.73. The Morgan fingerprint density at radius 3 is 2.38 bits per heavy atom. The van der Waals surface area contributed by atoms with E-state index in [1.165, 1.54) is 0 Å². The van der Waals surface area contributed by atoms with Crippen molar-refractivity contribution in [2.24, 2.45) is 0 Å². The molecule has 0 unspecified atom stereocenters. The Morgan fingerprint density at radius 1 is 1.75 bits per heavy atom. The van der Waals surface area contributed by atoms with Crippen LogP contribution in [0.15, 0.2) is 0 Å². The van der Waals surface area contributed by atoms with Gasteiger partial charge in [-0.15, -0.1) is 0 Å². The first kappa shape index (κ1) is 6.28. The molecule has 4 heteroatoms. The summed E-state index contributed by atoms with van der Waals surface area (Å²) in [6, 6.07) is 0. The molecule has 1 N–H and O–H groups in total. The molecule has 0 aliphatic carbocycles. The zero-order chi connectivity index (χ0) is 6.15. The third-order valence-electron chi connectivity index (χ3n) is 1.11. The van der Waals surface area contributed by atoms with Crippen molar-refractivity contribution in [1.29, 1.82) is 0 Å². The maximum absolute atomic E-state index is 10.4. The monoisotopic (exact) mass is 227 g/mol. The van der Waals surface area contributed by atoms with Gasteiger partial charge in [0.25, 0.3) is 3.91 Å². The summed E-state index contributed by atoms with van der Waals surface area (Å²) in [7, 11) is 0. The van der Waals surface area contributed by atoms with Crippen molar-refractivity contribution < 1.29 is 9.90 Å². The van der Waals surface area contributed by atoms with Crippen LogP contribution < -0.4 is 0 Å². The topological polar surface area (TPSA) is 40.5 Å². The average Bonchev–Trinajstić information content (AvgIpc) is 1.57. The molecule has 0 saturated carbocycles. The molecule has 1 saturated heterocycles. The summed E-state index contributed by atoms with van der Waals surface area (Å²) >= 11 is 1.71. The van der Waals surface area contributed by atoms with Crippen LogP contribution >= 0.6 is 22.6 Å². The highest BCUT2D eigenvalue weighted by Gasteiger charge is 2.26. The zero-order valence-electron chi connectivity index (χ0n) is 4.17. The summed E-state index contributed by atoms with van der Waals surface area (Å²) in [5.41, 5.74) is 0. The summed E-state index contributed by atoms with van der Waals surface area (Å²) in [5.74, 6) is 0. The molecule has 0 atom stereocenters. The van der Waals surface area contributed by atoms with Gasteiger partial charge in [0, 0.05) is 35.7 Å². The fraction of sp³-hybridized carbons (Fsp3) is 0.750. The van der Waals surface area contributed by atoms with Crippen LogP contribution in [0, 0.1) is 0 Å². The largest absolute Gasteiger partial charge is 0.389 e. The number of halogens is 1. The fourth-order valence-corrected chi connectivity index (χ4v) is 0.993. The van der Waals surface area contributed by atoms with E-state index in [9.17, 15) is 4.79 Å². The molecule has 1 rings (SSSR count). The minimum atomic E-state index is -0.270. The SMILES string of the molecule is O=C(I)N1CC(O)C1. The Morgan fingerprint density at radius 2 is 2.25 bits per heavy atom. The second-order valence-electron chi connectivity index (χ2n) is 1.81. The first-order chi connectivity index (χ1) is 3.70. The zero-order valence-corrected chi connectivity index (χ0v) is 6.33. The van der Waals surface area contributed by atoms with Crippen molar-refractivity contribution in [3.05, 3.63) is 0 Å². The molecule has 0 aromatic rings. The second kappa shape index (κ2) is 2.18. The number of carbonyl (C=O) groups is 1. The molecular formula is C4H6INO2. The van der Waals surface area contributed by atoms with E-state index in [0.29, 0.717) is 13.1 Å². The summed E-state index contributed by atoms with van der Waals surface area (Å²) in [6.45, 7) is 1.03. The standard InChI is InChI=1S/C4H6INO2/c5-4(8)6-1-3(7)2-6/h3,7H,1-2H2. The Hall–Kier alpha value is 0.160. The lowest BCUT2D eigenvalue weighted by Gasteiger charge is -2.33. The van der Waals surface area contributed by atoms with Gasteiger partial charge in [0.15, 0.2) is 0 Å². The third kappa shape index (κ3) is 1.11. The van der Waals surface area contributed by atoms with Gasteiger partial charge in [-0.25, -0.2) is 0 Å². The molecule has 1 aliphatic heterocycles. The normalized spacial score (nSPS) is 20.5. The van der Waals surface area contributed by atoms with Crippen LogP contribution in [0.4, 0.5) is 4.79 Å². The molecular weight excluding hydrogens is 221 g/mol. The summed E-state index contributed by atoms with van der Waals surface area (Å²) in [6.07, 6.45) is -0.270. The molecule has 0 spiro atoms. The van der Waals surface area contributed by atoms with Crippen molar-refractivity contribution in [3.8, 4) is 0 Å². The number of hydrogen-bond donors (Lipinski definition) is 1. The van der Waals surface area contributed by atoms with Gasteiger partial charge in [0.2, 0.25) is 0 Å². The van der Waals surface area contributed by atoms with E-state index in [1.807, 2.05) is 0 Å². The molecule has 0 aromatic heterocycles. The van der Waals surface area contributed by atoms with Crippen molar-refractivity contribution in [2.45, 2.75) is 6.10 Å². The minimum absolute atomic E-state index is 0.0212. The summed E-state index contributed by atoms with van der Waals surface area (Å²) in [4.78, 5) is 12.0. The predicted octanol–water partition coefficient (Wildman–Crippen LogP) is 0.218. The molecule has 0 radical (unpaired) electrons. The van der Waals surface area contributed by atoms with Gasteiger partial charge in [0.1, 0.15) is 0 Å². The van der Waals surface area contributed by atoms with Crippen LogP contribution in [-0.4, -0.2) is 33.1 Å². The maximum atomic E-state index is 10.4. The van der Waals surface area contributed by atoms with E-state index in [2.05, 4.69) is 0 Å². The number of carbonyl (C=O) groups excluding carboxylic acids is 1. The van der Waals surface area contributed by atoms with Crippen LogP contribution in [0.1, 0.15) is 0 Å². The van der Waals surface area contributed by atoms with Crippen molar-refractivity contribution in [2.75, 3.05) is 13.1 Å². The lowest BCUT2D eigenvalue weighted by Crippen LogP contribution is -2.51. The number of β-amino-alcohol motifs (C(OH)–C–C–N with tert-alkyl or cyclic N) is 1. The van der Waals surface area contributed by atoms with E-state index in [1.54, 1.807) is 27.5 Å². The molecule has 1 aliphatic rings. The molecule has 0 bridgehead atoms. The number of likely N-dealkylation sites (tertiary alicyclic amines) is 1. The first-order valence-electron chi connectivity index (χ1n) is 2.32. The molecule has 8 heavy (non-hydrogen) atoms. The van der Waals surface area contributed by atoms with Gasteiger partial charge >= 0.3 is 0 Å². The summed E-state index contributed by atoms with van der Waals surface area (Å²) < 4.78 is 0.0212. The number of aliphatic hydroxyl groups excluding tert-OH is 1. The van der Waals surface area contributed by atoms with Gasteiger partial charge in [-0.3, -0.25) is 4.79 Å². The van der Waals surface area contributed by atoms with E-state index in [0.717, 1.165) is 0 Å².